The van der Waals surface area contributed by atoms with Gasteiger partial charge in [0.1, 0.15) is 5.70 Å². The smallest absolute Gasteiger partial charge is 0.277 e. The van der Waals surface area contributed by atoms with Crippen LogP contribution >= 0.6 is 0 Å². The van der Waals surface area contributed by atoms with Crippen LogP contribution in [0.25, 0.3) is 5.57 Å². The molecule has 1 aromatic carbocycles. The highest BCUT2D eigenvalue weighted by atomic mass is 16.5. The number of benzene rings is 1. The highest BCUT2D eigenvalue weighted by molar-refractivity contribution is 6.35. The van der Waals surface area contributed by atoms with E-state index < -0.39 is 0 Å². The Morgan fingerprint density at radius 1 is 1.11 bits per heavy atom. The third kappa shape index (κ3) is 4.14. The van der Waals surface area contributed by atoms with Gasteiger partial charge in [0.05, 0.1) is 5.57 Å². The SMILES string of the molecule is CCOCCCN1C(=O)C(c2ccc(C)cc2C)=C(N2CCC(C)CC2)C1=O. The van der Waals surface area contributed by atoms with Gasteiger partial charge in [-0.3, -0.25) is 14.5 Å². The van der Waals surface area contributed by atoms with Crippen molar-refractivity contribution in [2.75, 3.05) is 32.8 Å². The first kappa shape index (κ1) is 20.6. The summed E-state index contributed by atoms with van der Waals surface area (Å²) in [6.07, 6.45) is 2.76. The molecule has 0 aliphatic carbocycles. The molecule has 28 heavy (non-hydrogen) atoms. The molecular weight excluding hydrogens is 352 g/mol. The summed E-state index contributed by atoms with van der Waals surface area (Å²) in [5, 5.41) is 0. The van der Waals surface area contributed by atoms with Gasteiger partial charge < -0.3 is 9.64 Å². The summed E-state index contributed by atoms with van der Waals surface area (Å²) in [4.78, 5) is 30.2. The molecule has 2 heterocycles. The second-order valence-electron chi connectivity index (χ2n) is 8.02. The third-order valence-corrected chi connectivity index (χ3v) is 5.77. The summed E-state index contributed by atoms with van der Waals surface area (Å²) in [5.41, 5.74) is 4.24. The molecule has 0 aromatic heterocycles. The topological polar surface area (TPSA) is 49.9 Å². The number of nitrogens with zero attached hydrogens (tertiary/aromatic N) is 2. The van der Waals surface area contributed by atoms with E-state index in [-0.39, 0.29) is 11.8 Å². The van der Waals surface area contributed by atoms with E-state index >= 15 is 0 Å². The molecule has 0 saturated carbocycles. The molecule has 1 fully saturated rings. The Labute approximate surface area is 168 Å². The number of aryl methyl sites for hydroxylation is 2. The van der Waals surface area contributed by atoms with E-state index in [0.717, 1.165) is 42.6 Å². The maximum Gasteiger partial charge on any atom is 0.277 e. The van der Waals surface area contributed by atoms with Crippen LogP contribution in [0.3, 0.4) is 0 Å². The minimum absolute atomic E-state index is 0.147. The minimum atomic E-state index is -0.165. The Bertz CT molecular complexity index is 776. The van der Waals surface area contributed by atoms with Crippen molar-refractivity contribution in [1.82, 2.24) is 9.80 Å². The minimum Gasteiger partial charge on any atom is -0.382 e. The van der Waals surface area contributed by atoms with Crippen LogP contribution < -0.4 is 0 Å². The normalized spacial score (nSPS) is 18.6. The van der Waals surface area contributed by atoms with Crippen LogP contribution in [0.5, 0.6) is 0 Å². The van der Waals surface area contributed by atoms with E-state index in [0.29, 0.717) is 43.4 Å². The number of carbonyl (C=O) groups excluding carboxylic acids is 2. The maximum absolute atomic E-state index is 13.3. The van der Waals surface area contributed by atoms with Crippen molar-refractivity contribution in [2.45, 2.75) is 47.0 Å². The van der Waals surface area contributed by atoms with Crippen LogP contribution in [0.2, 0.25) is 0 Å². The fourth-order valence-electron chi connectivity index (χ4n) is 4.10. The van der Waals surface area contributed by atoms with Crippen molar-refractivity contribution in [3.63, 3.8) is 0 Å². The number of likely N-dealkylation sites (tertiary alicyclic amines) is 1. The number of rotatable bonds is 7. The van der Waals surface area contributed by atoms with E-state index in [1.807, 2.05) is 32.9 Å². The molecule has 0 N–H and O–H groups in total. The van der Waals surface area contributed by atoms with Gasteiger partial charge in [-0.05, 0) is 57.1 Å². The molecular formula is C23H32N2O3. The van der Waals surface area contributed by atoms with Crippen LogP contribution in [0.15, 0.2) is 23.9 Å². The molecule has 2 aliphatic rings. The predicted octanol–water partition coefficient (Wildman–Crippen LogP) is 3.54. The Balaban J connectivity index is 1.95. The van der Waals surface area contributed by atoms with Crippen molar-refractivity contribution in [3.8, 4) is 0 Å². The van der Waals surface area contributed by atoms with E-state index in [4.69, 9.17) is 4.74 Å². The van der Waals surface area contributed by atoms with Gasteiger partial charge in [0.2, 0.25) is 0 Å². The summed E-state index contributed by atoms with van der Waals surface area (Å²) in [6.45, 7) is 11.5. The van der Waals surface area contributed by atoms with E-state index in [2.05, 4.69) is 17.9 Å². The molecule has 0 atom stereocenters. The molecule has 5 heteroatoms. The number of hydrogen-bond donors (Lipinski definition) is 0. The zero-order valence-electron chi connectivity index (χ0n) is 17.6. The molecule has 0 radical (unpaired) electrons. The van der Waals surface area contributed by atoms with Crippen LogP contribution in [0.4, 0.5) is 0 Å². The van der Waals surface area contributed by atoms with Gasteiger partial charge in [-0.1, -0.05) is 30.7 Å². The van der Waals surface area contributed by atoms with Gasteiger partial charge in [0.25, 0.3) is 11.8 Å². The predicted molar refractivity (Wildman–Crippen MR) is 111 cm³/mol. The van der Waals surface area contributed by atoms with Gasteiger partial charge in [-0.25, -0.2) is 0 Å². The highest BCUT2D eigenvalue weighted by Crippen LogP contribution is 2.35. The van der Waals surface area contributed by atoms with Crippen molar-refractivity contribution in [3.05, 3.63) is 40.6 Å². The quantitative estimate of drug-likeness (QED) is 0.533. The zero-order valence-corrected chi connectivity index (χ0v) is 17.6. The molecule has 0 unspecified atom stereocenters. The molecule has 1 aromatic rings. The number of piperidine rings is 1. The van der Waals surface area contributed by atoms with Gasteiger partial charge >= 0.3 is 0 Å². The lowest BCUT2D eigenvalue weighted by atomic mass is 9.95. The summed E-state index contributed by atoms with van der Waals surface area (Å²) < 4.78 is 5.39. The van der Waals surface area contributed by atoms with Crippen molar-refractivity contribution < 1.29 is 14.3 Å². The lowest BCUT2D eigenvalue weighted by molar-refractivity contribution is -0.137. The monoisotopic (exact) mass is 384 g/mol. The highest BCUT2D eigenvalue weighted by Gasteiger charge is 2.42. The Hall–Kier alpha value is -2.14. The van der Waals surface area contributed by atoms with Crippen LogP contribution in [0, 0.1) is 19.8 Å². The molecule has 5 nitrogen and oxygen atoms in total. The van der Waals surface area contributed by atoms with Gasteiger partial charge in [-0.2, -0.15) is 0 Å². The number of imide groups is 1. The molecule has 2 aliphatic heterocycles. The first-order valence-electron chi connectivity index (χ1n) is 10.4. The van der Waals surface area contributed by atoms with E-state index in [1.165, 1.54) is 4.90 Å². The fraction of sp³-hybridized carbons (Fsp3) is 0.565. The summed E-state index contributed by atoms with van der Waals surface area (Å²) in [6, 6.07) is 6.08. The molecule has 3 rings (SSSR count). The average Bonchev–Trinajstić information content (AvgIpc) is 2.90. The van der Waals surface area contributed by atoms with Crippen LogP contribution in [-0.4, -0.2) is 54.5 Å². The maximum atomic E-state index is 13.3. The number of amides is 2. The van der Waals surface area contributed by atoms with Gasteiger partial charge in [-0.15, -0.1) is 0 Å². The average molecular weight is 385 g/mol. The van der Waals surface area contributed by atoms with E-state index in [1.54, 1.807) is 0 Å². The summed E-state index contributed by atoms with van der Waals surface area (Å²) in [7, 11) is 0. The molecule has 0 spiro atoms. The second-order valence-corrected chi connectivity index (χ2v) is 8.02. The first-order chi connectivity index (χ1) is 13.4. The molecule has 1 saturated heterocycles. The van der Waals surface area contributed by atoms with Crippen LogP contribution in [0.1, 0.15) is 49.8 Å². The molecule has 0 bridgehead atoms. The van der Waals surface area contributed by atoms with Gasteiger partial charge in [0, 0.05) is 32.8 Å². The summed E-state index contributed by atoms with van der Waals surface area (Å²) in [5.74, 6) is 0.351. The number of carbonyl (C=O) groups is 2. The van der Waals surface area contributed by atoms with Crippen molar-refractivity contribution in [2.24, 2.45) is 5.92 Å². The lowest BCUT2D eigenvalue weighted by Gasteiger charge is -2.32. The number of ether oxygens (including phenoxy) is 1. The Morgan fingerprint density at radius 2 is 1.82 bits per heavy atom. The van der Waals surface area contributed by atoms with Crippen LogP contribution in [-0.2, 0) is 14.3 Å². The van der Waals surface area contributed by atoms with Crippen molar-refractivity contribution in [1.29, 1.82) is 0 Å². The summed E-state index contributed by atoms with van der Waals surface area (Å²) >= 11 is 0. The zero-order chi connectivity index (χ0) is 20.3. The Morgan fingerprint density at radius 3 is 2.46 bits per heavy atom. The van der Waals surface area contributed by atoms with Gasteiger partial charge in [0.15, 0.2) is 0 Å². The first-order valence-corrected chi connectivity index (χ1v) is 10.4. The Kier molecular flexibility index (Phi) is 6.55. The largest absolute Gasteiger partial charge is 0.382 e. The second kappa shape index (κ2) is 8.91. The van der Waals surface area contributed by atoms with Crippen molar-refractivity contribution >= 4 is 17.4 Å². The van der Waals surface area contributed by atoms with E-state index in [9.17, 15) is 9.59 Å². The molecule has 152 valence electrons. The molecule has 2 amide bonds. The fourth-order valence-corrected chi connectivity index (χ4v) is 4.10. The number of hydrogen-bond acceptors (Lipinski definition) is 4. The lowest BCUT2D eigenvalue weighted by Crippen LogP contribution is -2.39. The standard InChI is InChI=1S/C23H32N2O3/c1-5-28-14-6-11-25-22(26)20(19-8-7-17(3)15-18(19)4)21(23(25)27)24-12-9-16(2)10-13-24/h7-8,15-16H,5-6,9-14H2,1-4H3. The third-order valence-electron chi connectivity index (χ3n) is 5.77.